The lowest BCUT2D eigenvalue weighted by Crippen LogP contribution is -2.38. The summed E-state index contributed by atoms with van der Waals surface area (Å²) < 4.78 is 6.44. The molecule has 1 amide bonds. The number of nitrogens with two attached hydrogens (primary N) is 1. The number of hydrogen-bond donors (Lipinski definition) is 1. The zero-order valence-corrected chi connectivity index (χ0v) is 12.9. The zero-order chi connectivity index (χ0) is 14.1. The van der Waals surface area contributed by atoms with Gasteiger partial charge in [-0.1, -0.05) is 35.3 Å². The molecule has 0 aliphatic carbocycles. The monoisotopic (exact) mass is 328 g/mol. The third kappa shape index (κ3) is 5.72. The number of rotatable bonds is 8. The quantitative estimate of drug-likeness (QED) is 0.746. The largest absolute Gasteiger partial charge is 0.380 e. The van der Waals surface area contributed by atoms with Crippen molar-refractivity contribution >= 4 is 27.5 Å². The third-order valence-corrected chi connectivity index (χ3v) is 3.19. The van der Waals surface area contributed by atoms with Crippen molar-refractivity contribution in [2.75, 3.05) is 31.2 Å². The minimum absolute atomic E-state index is 0.00146. The molecule has 0 atom stereocenters. The molecule has 0 unspecified atom stereocenters. The van der Waals surface area contributed by atoms with Gasteiger partial charge in [0.25, 0.3) is 0 Å². The number of carbonyl (C=O) groups excluding carboxylic acids is 1. The van der Waals surface area contributed by atoms with Crippen molar-refractivity contribution < 1.29 is 9.53 Å². The van der Waals surface area contributed by atoms with Crippen molar-refractivity contribution in [1.82, 2.24) is 0 Å². The SMILES string of the molecule is CCCCOCCN(C(=O)CN)c1cccc(Br)c1. The van der Waals surface area contributed by atoms with E-state index in [1.54, 1.807) is 4.90 Å². The second-order valence-electron chi connectivity index (χ2n) is 4.20. The number of anilines is 1. The van der Waals surface area contributed by atoms with Crippen LogP contribution in [0.15, 0.2) is 28.7 Å². The Balaban J connectivity index is 2.60. The Kier molecular flexibility index (Phi) is 7.70. The Morgan fingerprint density at radius 3 is 2.84 bits per heavy atom. The normalized spacial score (nSPS) is 10.5. The number of unbranched alkanes of at least 4 members (excludes halogenated alkanes) is 1. The molecule has 0 aliphatic heterocycles. The number of nitrogens with zero attached hydrogens (tertiary/aromatic N) is 1. The molecule has 1 aromatic rings. The van der Waals surface area contributed by atoms with E-state index in [9.17, 15) is 4.79 Å². The highest BCUT2D eigenvalue weighted by Gasteiger charge is 2.14. The van der Waals surface area contributed by atoms with E-state index in [1.807, 2.05) is 24.3 Å². The maximum absolute atomic E-state index is 11.9. The van der Waals surface area contributed by atoms with Gasteiger partial charge >= 0.3 is 0 Å². The summed E-state index contributed by atoms with van der Waals surface area (Å²) in [7, 11) is 0. The number of benzene rings is 1. The van der Waals surface area contributed by atoms with Crippen LogP contribution in [0.2, 0.25) is 0 Å². The maximum Gasteiger partial charge on any atom is 0.240 e. The van der Waals surface area contributed by atoms with Crippen molar-refractivity contribution in [3.05, 3.63) is 28.7 Å². The van der Waals surface area contributed by atoms with Crippen LogP contribution >= 0.6 is 15.9 Å². The minimum atomic E-state index is -0.0998. The van der Waals surface area contributed by atoms with E-state index in [2.05, 4.69) is 22.9 Å². The van der Waals surface area contributed by atoms with Gasteiger partial charge in [0.1, 0.15) is 0 Å². The fraction of sp³-hybridized carbons (Fsp3) is 0.500. The van der Waals surface area contributed by atoms with E-state index in [4.69, 9.17) is 10.5 Å². The van der Waals surface area contributed by atoms with Crippen LogP contribution in [0.4, 0.5) is 5.69 Å². The van der Waals surface area contributed by atoms with Crippen LogP contribution in [-0.4, -0.2) is 32.2 Å². The van der Waals surface area contributed by atoms with Gasteiger partial charge < -0.3 is 15.4 Å². The Morgan fingerprint density at radius 2 is 2.21 bits per heavy atom. The molecule has 5 heteroatoms. The van der Waals surface area contributed by atoms with Crippen LogP contribution in [-0.2, 0) is 9.53 Å². The molecule has 2 N–H and O–H groups in total. The smallest absolute Gasteiger partial charge is 0.240 e. The first-order valence-electron chi connectivity index (χ1n) is 6.52. The van der Waals surface area contributed by atoms with Crippen LogP contribution in [0, 0.1) is 0 Å². The van der Waals surface area contributed by atoms with Gasteiger partial charge in [0.15, 0.2) is 0 Å². The van der Waals surface area contributed by atoms with Gasteiger partial charge in [-0.25, -0.2) is 0 Å². The first-order valence-corrected chi connectivity index (χ1v) is 7.32. The van der Waals surface area contributed by atoms with Crippen molar-refractivity contribution in [1.29, 1.82) is 0 Å². The van der Waals surface area contributed by atoms with Gasteiger partial charge in [0, 0.05) is 23.3 Å². The molecule has 1 aromatic carbocycles. The molecule has 1 rings (SSSR count). The summed E-state index contributed by atoms with van der Waals surface area (Å²) in [6, 6.07) is 7.62. The van der Waals surface area contributed by atoms with Crippen LogP contribution in [0.3, 0.4) is 0 Å². The molecule has 0 radical (unpaired) electrons. The standard InChI is InChI=1S/C14H21BrN2O2/c1-2-3-8-19-9-7-17(14(18)11-16)13-6-4-5-12(15)10-13/h4-6,10H,2-3,7-9,11,16H2,1H3. The van der Waals surface area contributed by atoms with E-state index in [0.29, 0.717) is 13.2 Å². The summed E-state index contributed by atoms with van der Waals surface area (Å²) in [5.74, 6) is -0.0998. The van der Waals surface area contributed by atoms with E-state index >= 15 is 0 Å². The Hall–Kier alpha value is -0.910. The highest BCUT2D eigenvalue weighted by molar-refractivity contribution is 9.10. The lowest BCUT2D eigenvalue weighted by atomic mass is 10.3. The van der Waals surface area contributed by atoms with E-state index in [-0.39, 0.29) is 12.5 Å². The van der Waals surface area contributed by atoms with Crippen LogP contribution in [0.25, 0.3) is 0 Å². The molecule has 4 nitrogen and oxygen atoms in total. The fourth-order valence-corrected chi connectivity index (χ4v) is 2.04. The molecule has 0 aliphatic rings. The topological polar surface area (TPSA) is 55.6 Å². The van der Waals surface area contributed by atoms with E-state index in [0.717, 1.165) is 29.6 Å². The number of carbonyl (C=O) groups is 1. The molecular formula is C14H21BrN2O2. The predicted octanol–water partition coefficient (Wildman–Crippen LogP) is 2.56. The van der Waals surface area contributed by atoms with Crippen LogP contribution < -0.4 is 10.6 Å². The Labute approximate surface area is 123 Å². The third-order valence-electron chi connectivity index (χ3n) is 2.70. The summed E-state index contributed by atoms with van der Waals surface area (Å²) in [4.78, 5) is 13.5. The number of halogens is 1. The van der Waals surface area contributed by atoms with Crippen molar-refractivity contribution in [2.24, 2.45) is 5.73 Å². The van der Waals surface area contributed by atoms with E-state index < -0.39 is 0 Å². The van der Waals surface area contributed by atoms with Gasteiger partial charge in [-0.2, -0.15) is 0 Å². The Bertz CT molecular complexity index is 399. The zero-order valence-electron chi connectivity index (χ0n) is 11.3. The van der Waals surface area contributed by atoms with Gasteiger partial charge in [-0.15, -0.1) is 0 Å². The molecule has 0 bridgehead atoms. The van der Waals surface area contributed by atoms with E-state index in [1.165, 1.54) is 0 Å². The molecule has 0 fully saturated rings. The van der Waals surface area contributed by atoms with Crippen molar-refractivity contribution in [2.45, 2.75) is 19.8 Å². The second-order valence-corrected chi connectivity index (χ2v) is 5.11. The predicted molar refractivity (Wildman–Crippen MR) is 81.3 cm³/mol. The highest BCUT2D eigenvalue weighted by atomic mass is 79.9. The molecule has 0 heterocycles. The molecule has 0 spiro atoms. The maximum atomic E-state index is 11.9. The minimum Gasteiger partial charge on any atom is -0.380 e. The first kappa shape index (κ1) is 16.1. The molecule has 0 aromatic heterocycles. The summed E-state index contributed by atoms with van der Waals surface area (Å²) in [6.07, 6.45) is 2.15. The average Bonchev–Trinajstić information content (AvgIpc) is 2.42. The van der Waals surface area contributed by atoms with Crippen LogP contribution in [0.5, 0.6) is 0 Å². The van der Waals surface area contributed by atoms with Crippen LogP contribution in [0.1, 0.15) is 19.8 Å². The van der Waals surface area contributed by atoms with Gasteiger partial charge in [0.2, 0.25) is 5.91 Å². The fourth-order valence-electron chi connectivity index (χ4n) is 1.66. The molecule has 0 saturated heterocycles. The summed E-state index contributed by atoms with van der Waals surface area (Å²) in [5.41, 5.74) is 6.29. The molecule has 0 saturated carbocycles. The number of ether oxygens (including phenoxy) is 1. The summed E-state index contributed by atoms with van der Waals surface area (Å²) in [5, 5.41) is 0. The average molecular weight is 329 g/mol. The highest BCUT2D eigenvalue weighted by Crippen LogP contribution is 2.19. The molecular weight excluding hydrogens is 308 g/mol. The summed E-state index contributed by atoms with van der Waals surface area (Å²) >= 11 is 3.40. The first-order chi connectivity index (χ1) is 9.19. The van der Waals surface area contributed by atoms with Gasteiger partial charge in [0.05, 0.1) is 13.2 Å². The lowest BCUT2D eigenvalue weighted by Gasteiger charge is -2.22. The number of amides is 1. The Morgan fingerprint density at radius 1 is 1.42 bits per heavy atom. The molecule has 106 valence electrons. The second kappa shape index (κ2) is 9.07. The van der Waals surface area contributed by atoms with Crippen molar-refractivity contribution in [3.63, 3.8) is 0 Å². The van der Waals surface area contributed by atoms with Crippen molar-refractivity contribution in [3.8, 4) is 0 Å². The molecule has 19 heavy (non-hydrogen) atoms. The lowest BCUT2D eigenvalue weighted by molar-refractivity contribution is -0.117. The number of hydrogen-bond acceptors (Lipinski definition) is 3. The van der Waals surface area contributed by atoms with Gasteiger partial charge in [-0.05, 0) is 24.6 Å². The summed E-state index contributed by atoms with van der Waals surface area (Å²) in [6.45, 7) is 3.91. The van der Waals surface area contributed by atoms with Gasteiger partial charge in [-0.3, -0.25) is 4.79 Å².